The summed E-state index contributed by atoms with van der Waals surface area (Å²) < 4.78 is 0. The standard InChI is InChI=1S/C10H14N2/c1-4-8-7(3)6-12-10(11)9(8)5-2/h4-6H,1-3H3,(H2,11,12). The Kier molecular flexibility index (Phi) is 2.48. The van der Waals surface area contributed by atoms with E-state index in [1.165, 1.54) is 10.8 Å². The summed E-state index contributed by atoms with van der Waals surface area (Å²) in [6, 6.07) is 0. The van der Waals surface area contributed by atoms with Crippen LogP contribution in [0.4, 0.5) is 5.82 Å². The van der Waals surface area contributed by atoms with Gasteiger partial charge in [0, 0.05) is 11.4 Å². The molecule has 0 aliphatic carbocycles. The zero-order valence-corrected chi connectivity index (χ0v) is 7.76. The molecule has 0 aliphatic heterocycles. The molecule has 1 aromatic rings. The summed E-state index contributed by atoms with van der Waals surface area (Å²) in [7, 11) is 0. The summed E-state index contributed by atoms with van der Waals surface area (Å²) >= 11 is 0. The summed E-state index contributed by atoms with van der Waals surface area (Å²) in [5, 5.41) is 2.22. The van der Waals surface area contributed by atoms with E-state index >= 15 is 0 Å². The van der Waals surface area contributed by atoms with E-state index in [0.717, 1.165) is 5.22 Å². The van der Waals surface area contributed by atoms with Gasteiger partial charge in [-0.15, -0.1) is 0 Å². The van der Waals surface area contributed by atoms with E-state index in [1.807, 2.05) is 26.8 Å². The van der Waals surface area contributed by atoms with Crippen molar-refractivity contribution in [1.29, 1.82) is 0 Å². The third kappa shape index (κ3) is 1.33. The van der Waals surface area contributed by atoms with E-state index in [2.05, 4.69) is 11.1 Å². The van der Waals surface area contributed by atoms with Crippen LogP contribution in [0.25, 0.3) is 12.2 Å². The van der Waals surface area contributed by atoms with Crippen LogP contribution in [0.15, 0.2) is 6.20 Å². The molecule has 0 fully saturated rings. The quantitative estimate of drug-likeness (QED) is 0.606. The maximum absolute atomic E-state index is 5.71. The minimum Gasteiger partial charge on any atom is -0.383 e. The highest BCUT2D eigenvalue weighted by Crippen LogP contribution is 1.86. The smallest absolute Gasteiger partial charge is 0.130 e. The van der Waals surface area contributed by atoms with Gasteiger partial charge >= 0.3 is 0 Å². The van der Waals surface area contributed by atoms with Gasteiger partial charge in [0.2, 0.25) is 0 Å². The van der Waals surface area contributed by atoms with Crippen molar-refractivity contribution in [3.63, 3.8) is 0 Å². The van der Waals surface area contributed by atoms with Gasteiger partial charge in [-0.25, -0.2) is 4.98 Å². The molecule has 0 saturated carbocycles. The Morgan fingerprint density at radius 2 is 1.83 bits per heavy atom. The zero-order chi connectivity index (χ0) is 9.14. The molecule has 2 N–H and O–H groups in total. The normalized spacial score (nSPS) is 13.9. The lowest BCUT2D eigenvalue weighted by Crippen LogP contribution is -2.30. The molecule has 0 atom stereocenters. The van der Waals surface area contributed by atoms with Crippen molar-refractivity contribution in [3.05, 3.63) is 22.2 Å². The topological polar surface area (TPSA) is 38.9 Å². The molecule has 1 rings (SSSR count). The Labute approximate surface area is 72.4 Å². The van der Waals surface area contributed by atoms with Crippen molar-refractivity contribution in [3.8, 4) is 0 Å². The molecule has 64 valence electrons. The number of anilines is 1. The van der Waals surface area contributed by atoms with Crippen molar-refractivity contribution in [1.82, 2.24) is 4.98 Å². The second kappa shape index (κ2) is 3.39. The lowest BCUT2D eigenvalue weighted by atomic mass is 10.2. The molecule has 2 heteroatoms. The van der Waals surface area contributed by atoms with Gasteiger partial charge in [-0.2, -0.15) is 0 Å². The number of hydrogen-bond donors (Lipinski definition) is 1. The lowest BCUT2D eigenvalue weighted by molar-refractivity contribution is 1.22. The molecular formula is C10H14N2. The third-order valence-corrected chi connectivity index (χ3v) is 1.97. The van der Waals surface area contributed by atoms with Gasteiger partial charge in [0.15, 0.2) is 0 Å². The number of nitrogens with zero attached hydrogens (tertiary/aromatic N) is 1. The second-order valence-electron chi connectivity index (χ2n) is 2.73. The molecule has 1 heterocycles. The summed E-state index contributed by atoms with van der Waals surface area (Å²) in [6.45, 7) is 6.02. The van der Waals surface area contributed by atoms with Crippen LogP contribution in [0, 0.1) is 6.92 Å². The molecular weight excluding hydrogens is 148 g/mol. The largest absolute Gasteiger partial charge is 0.383 e. The summed E-state index contributed by atoms with van der Waals surface area (Å²) in [5.41, 5.74) is 6.88. The fraction of sp³-hybridized carbons (Fsp3) is 0.300. The number of hydrogen-bond acceptors (Lipinski definition) is 2. The average molecular weight is 162 g/mol. The highest BCUT2D eigenvalue weighted by molar-refractivity contribution is 5.43. The first-order chi connectivity index (χ1) is 5.70. The SMILES string of the molecule is CC=c1c(C)cnc(N)c1=CC. The third-order valence-electron chi connectivity index (χ3n) is 1.97. The first-order valence-electron chi connectivity index (χ1n) is 4.04. The molecule has 0 spiro atoms. The van der Waals surface area contributed by atoms with Gasteiger partial charge in [0.1, 0.15) is 5.82 Å². The van der Waals surface area contributed by atoms with E-state index in [4.69, 9.17) is 5.73 Å². The van der Waals surface area contributed by atoms with E-state index in [-0.39, 0.29) is 0 Å². The minimum atomic E-state index is 0.608. The van der Waals surface area contributed by atoms with Crippen molar-refractivity contribution in [2.45, 2.75) is 20.8 Å². The van der Waals surface area contributed by atoms with Gasteiger partial charge in [-0.1, -0.05) is 12.2 Å². The van der Waals surface area contributed by atoms with Crippen LogP contribution in [0.2, 0.25) is 0 Å². The lowest BCUT2D eigenvalue weighted by Gasteiger charge is -1.98. The van der Waals surface area contributed by atoms with E-state index in [9.17, 15) is 0 Å². The molecule has 12 heavy (non-hydrogen) atoms. The van der Waals surface area contributed by atoms with Gasteiger partial charge in [-0.3, -0.25) is 0 Å². The Morgan fingerprint density at radius 3 is 2.25 bits per heavy atom. The highest BCUT2D eigenvalue weighted by atomic mass is 14.8. The fourth-order valence-electron chi connectivity index (χ4n) is 1.34. The van der Waals surface area contributed by atoms with Crippen molar-refractivity contribution in [2.75, 3.05) is 5.73 Å². The van der Waals surface area contributed by atoms with Gasteiger partial charge in [-0.05, 0) is 31.6 Å². The summed E-state index contributed by atoms with van der Waals surface area (Å²) in [5.74, 6) is 0.608. The maximum Gasteiger partial charge on any atom is 0.130 e. The van der Waals surface area contributed by atoms with Crippen LogP contribution in [0.3, 0.4) is 0 Å². The Bertz CT molecular complexity index is 352. The van der Waals surface area contributed by atoms with Gasteiger partial charge in [0.25, 0.3) is 0 Å². The van der Waals surface area contributed by atoms with E-state index in [0.29, 0.717) is 5.82 Å². The Morgan fingerprint density at radius 1 is 1.25 bits per heavy atom. The molecule has 0 unspecified atom stereocenters. The van der Waals surface area contributed by atoms with Crippen LogP contribution in [-0.4, -0.2) is 4.98 Å². The molecule has 0 radical (unpaired) electrons. The predicted molar refractivity (Wildman–Crippen MR) is 52.9 cm³/mol. The number of rotatable bonds is 0. The molecule has 0 amide bonds. The monoisotopic (exact) mass is 162 g/mol. The predicted octanol–water partition coefficient (Wildman–Crippen LogP) is 0.573. The Hall–Kier alpha value is -1.31. The van der Waals surface area contributed by atoms with Crippen LogP contribution in [0.5, 0.6) is 0 Å². The van der Waals surface area contributed by atoms with Gasteiger partial charge < -0.3 is 5.73 Å². The van der Waals surface area contributed by atoms with Crippen molar-refractivity contribution in [2.24, 2.45) is 0 Å². The second-order valence-corrected chi connectivity index (χ2v) is 2.73. The van der Waals surface area contributed by atoms with Crippen LogP contribution in [0.1, 0.15) is 19.4 Å². The molecule has 2 nitrogen and oxygen atoms in total. The number of nitrogens with two attached hydrogens (primary N) is 1. The number of nitrogen functional groups attached to an aromatic ring is 1. The van der Waals surface area contributed by atoms with Gasteiger partial charge in [0.05, 0.1) is 0 Å². The fourth-order valence-corrected chi connectivity index (χ4v) is 1.34. The van der Waals surface area contributed by atoms with Crippen LogP contribution in [-0.2, 0) is 0 Å². The Balaban J connectivity index is 3.76. The summed E-state index contributed by atoms with van der Waals surface area (Å²) in [6.07, 6.45) is 5.85. The zero-order valence-electron chi connectivity index (χ0n) is 7.76. The molecule has 0 saturated heterocycles. The van der Waals surface area contributed by atoms with E-state index in [1.54, 1.807) is 6.20 Å². The number of pyridine rings is 1. The maximum atomic E-state index is 5.71. The minimum absolute atomic E-state index is 0.608. The highest BCUT2D eigenvalue weighted by Gasteiger charge is 1.94. The first kappa shape index (κ1) is 8.78. The molecule has 0 bridgehead atoms. The van der Waals surface area contributed by atoms with Crippen molar-refractivity contribution >= 4 is 18.0 Å². The van der Waals surface area contributed by atoms with Crippen LogP contribution < -0.4 is 16.2 Å². The molecule has 0 aliphatic rings. The number of aryl methyl sites for hydroxylation is 1. The first-order valence-corrected chi connectivity index (χ1v) is 4.04. The van der Waals surface area contributed by atoms with E-state index < -0.39 is 0 Å². The van der Waals surface area contributed by atoms with Crippen molar-refractivity contribution < 1.29 is 0 Å². The average Bonchev–Trinajstić information content (AvgIpc) is 2.08. The molecule has 1 aromatic heterocycles. The summed E-state index contributed by atoms with van der Waals surface area (Å²) in [4.78, 5) is 4.08. The van der Waals surface area contributed by atoms with Crippen LogP contribution >= 0.6 is 0 Å². The number of aromatic nitrogens is 1. The molecule has 0 aromatic carbocycles.